The monoisotopic (exact) mass is 279 g/mol. The third-order valence-corrected chi connectivity index (χ3v) is 4.39. The summed E-state index contributed by atoms with van der Waals surface area (Å²) in [5, 5.41) is 0. The van der Waals surface area contributed by atoms with Crippen LogP contribution < -0.4 is 0 Å². The number of amides is 1. The van der Waals surface area contributed by atoms with Gasteiger partial charge in [-0.05, 0) is 36.8 Å². The van der Waals surface area contributed by atoms with E-state index in [9.17, 15) is 4.79 Å². The van der Waals surface area contributed by atoms with Crippen LogP contribution in [-0.2, 0) is 16.0 Å². The molecule has 19 heavy (non-hydrogen) atoms. The smallest absolute Gasteiger partial charge is 0.226 e. The van der Waals surface area contributed by atoms with Gasteiger partial charge in [-0.2, -0.15) is 0 Å². The van der Waals surface area contributed by atoms with Crippen molar-refractivity contribution in [1.29, 1.82) is 0 Å². The van der Waals surface area contributed by atoms with E-state index in [0.717, 1.165) is 31.5 Å². The molecule has 4 heteroatoms. The predicted octanol–water partition coefficient (Wildman–Crippen LogP) is 2.59. The Balaban J connectivity index is 1.86. The van der Waals surface area contributed by atoms with Crippen LogP contribution in [0.4, 0.5) is 0 Å². The summed E-state index contributed by atoms with van der Waals surface area (Å²) in [6.45, 7) is 1.64. The summed E-state index contributed by atoms with van der Waals surface area (Å²) in [7, 11) is 1.75. The quantitative estimate of drug-likeness (QED) is 0.793. The molecule has 1 fully saturated rings. The number of benzene rings is 1. The Hall–Kier alpha value is -1.00. The van der Waals surface area contributed by atoms with Gasteiger partial charge in [-0.15, -0.1) is 11.8 Å². The van der Waals surface area contributed by atoms with Crippen LogP contribution in [0.5, 0.6) is 0 Å². The summed E-state index contributed by atoms with van der Waals surface area (Å²) in [5.74, 6) is 0.228. The van der Waals surface area contributed by atoms with Crippen LogP contribution in [0.25, 0.3) is 0 Å². The molecule has 1 aromatic rings. The standard InChI is InChI=1S/C15H21NO2S/c1-18-13-7-9-16(10-8-13)15(17)11-12-3-5-14(19-2)6-4-12/h3-6,13H,7-11H2,1-2H3. The average Bonchev–Trinajstić information content (AvgIpc) is 2.48. The first-order valence-corrected chi connectivity index (χ1v) is 7.89. The third kappa shape index (κ3) is 3.98. The Bertz CT molecular complexity index is 411. The number of hydrogen-bond donors (Lipinski definition) is 0. The fourth-order valence-corrected chi connectivity index (χ4v) is 2.78. The van der Waals surface area contributed by atoms with Crippen molar-refractivity contribution in [2.45, 2.75) is 30.3 Å². The highest BCUT2D eigenvalue weighted by Crippen LogP contribution is 2.17. The predicted molar refractivity (Wildman–Crippen MR) is 78.5 cm³/mol. The molecule has 0 unspecified atom stereocenters. The maximum atomic E-state index is 12.2. The Kier molecular flexibility index (Phi) is 5.28. The van der Waals surface area contributed by atoms with E-state index in [-0.39, 0.29) is 5.91 Å². The lowest BCUT2D eigenvalue weighted by atomic mass is 10.1. The SMILES string of the molecule is COC1CCN(C(=O)Cc2ccc(SC)cc2)CC1. The zero-order chi connectivity index (χ0) is 13.7. The van der Waals surface area contributed by atoms with Gasteiger partial charge in [0.05, 0.1) is 12.5 Å². The van der Waals surface area contributed by atoms with E-state index in [4.69, 9.17) is 4.74 Å². The van der Waals surface area contributed by atoms with Gasteiger partial charge in [0.2, 0.25) is 5.91 Å². The molecule has 1 heterocycles. The number of ether oxygens (including phenoxy) is 1. The number of rotatable bonds is 4. The molecule has 3 nitrogen and oxygen atoms in total. The second-order valence-corrected chi connectivity index (χ2v) is 5.72. The van der Waals surface area contributed by atoms with E-state index >= 15 is 0 Å². The normalized spacial score (nSPS) is 16.6. The fraction of sp³-hybridized carbons (Fsp3) is 0.533. The highest BCUT2D eigenvalue weighted by Gasteiger charge is 2.22. The van der Waals surface area contributed by atoms with E-state index in [1.54, 1.807) is 18.9 Å². The van der Waals surface area contributed by atoms with Crippen molar-refractivity contribution < 1.29 is 9.53 Å². The Labute approximate surface area is 119 Å². The molecule has 0 radical (unpaired) electrons. The third-order valence-electron chi connectivity index (χ3n) is 3.64. The molecule has 0 atom stereocenters. The van der Waals surface area contributed by atoms with Gasteiger partial charge in [0, 0.05) is 25.1 Å². The number of likely N-dealkylation sites (tertiary alicyclic amines) is 1. The number of carbonyl (C=O) groups excluding carboxylic acids is 1. The van der Waals surface area contributed by atoms with E-state index < -0.39 is 0 Å². The maximum Gasteiger partial charge on any atom is 0.226 e. The highest BCUT2D eigenvalue weighted by molar-refractivity contribution is 7.98. The summed E-state index contributed by atoms with van der Waals surface area (Å²) in [4.78, 5) is 15.4. The Morgan fingerprint density at radius 1 is 1.32 bits per heavy atom. The van der Waals surface area contributed by atoms with Crippen LogP contribution in [-0.4, -0.2) is 43.4 Å². The molecule has 0 spiro atoms. The fourth-order valence-electron chi connectivity index (χ4n) is 2.37. The zero-order valence-electron chi connectivity index (χ0n) is 11.6. The van der Waals surface area contributed by atoms with Gasteiger partial charge < -0.3 is 9.64 Å². The second kappa shape index (κ2) is 6.96. The molecule has 1 aliphatic rings. The first-order chi connectivity index (χ1) is 9.22. The van der Waals surface area contributed by atoms with Gasteiger partial charge in [-0.25, -0.2) is 0 Å². The van der Waals surface area contributed by atoms with Crippen molar-refractivity contribution in [3.05, 3.63) is 29.8 Å². The lowest BCUT2D eigenvalue weighted by Gasteiger charge is -2.31. The molecule has 0 aliphatic carbocycles. The van der Waals surface area contributed by atoms with Gasteiger partial charge >= 0.3 is 0 Å². The van der Waals surface area contributed by atoms with Crippen LogP contribution in [0.1, 0.15) is 18.4 Å². The number of thioether (sulfide) groups is 1. The van der Waals surface area contributed by atoms with Crippen LogP contribution in [0.3, 0.4) is 0 Å². The van der Waals surface area contributed by atoms with Crippen molar-refractivity contribution in [1.82, 2.24) is 4.90 Å². The minimum Gasteiger partial charge on any atom is -0.381 e. The molecular weight excluding hydrogens is 258 g/mol. The molecular formula is C15H21NO2S. The summed E-state index contributed by atoms with van der Waals surface area (Å²) in [6.07, 6.45) is 4.79. The lowest BCUT2D eigenvalue weighted by molar-refractivity contribution is -0.132. The molecule has 0 bridgehead atoms. The second-order valence-electron chi connectivity index (χ2n) is 4.84. The van der Waals surface area contributed by atoms with Crippen molar-refractivity contribution in [2.24, 2.45) is 0 Å². The molecule has 1 aromatic carbocycles. The summed E-state index contributed by atoms with van der Waals surface area (Å²) in [5.41, 5.74) is 1.09. The van der Waals surface area contributed by atoms with Crippen LogP contribution in [0.2, 0.25) is 0 Å². The van der Waals surface area contributed by atoms with Crippen LogP contribution >= 0.6 is 11.8 Å². The first kappa shape index (κ1) is 14.4. The molecule has 104 valence electrons. The molecule has 1 amide bonds. The zero-order valence-corrected chi connectivity index (χ0v) is 12.4. The minimum absolute atomic E-state index is 0.228. The molecule has 1 saturated heterocycles. The van der Waals surface area contributed by atoms with Gasteiger partial charge in [0.15, 0.2) is 0 Å². The number of carbonyl (C=O) groups is 1. The topological polar surface area (TPSA) is 29.5 Å². The molecule has 0 saturated carbocycles. The minimum atomic E-state index is 0.228. The van der Waals surface area contributed by atoms with Crippen molar-refractivity contribution >= 4 is 17.7 Å². The largest absolute Gasteiger partial charge is 0.381 e. The summed E-state index contributed by atoms with van der Waals surface area (Å²) in [6, 6.07) is 8.24. The van der Waals surface area contributed by atoms with Crippen LogP contribution in [0, 0.1) is 0 Å². The first-order valence-electron chi connectivity index (χ1n) is 6.66. The average molecular weight is 279 g/mol. The summed E-state index contributed by atoms with van der Waals surface area (Å²) < 4.78 is 5.32. The van der Waals surface area contributed by atoms with Gasteiger partial charge in [-0.1, -0.05) is 12.1 Å². The van der Waals surface area contributed by atoms with Crippen molar-refractivity contribution in [3.63, 3.8) is 0 Å². The number of hydrogen-bond acceptors (Lipinski definition) is 3. The molecule has 1 aliphatic heterocycles. The number of nitrogens with zero attached hydrogens (tertiary/aromatic N) is 1. The summed E-state index contributed by atoms with van der Waals surface area (Å²) >= 11 is 1.72. The highest BCUT2D eigenvalue weighted by atomic mass is 32.2. The van der Waals surface area contributed by atoms with E-state index in [0.29, 0.717) is 12.5 Å². The Morgan fingerprint density at radius 2 is 1.95 bits per heavy atom. The maximum absolute atomic E-state index is 12.2. The molecule has 0 N–H and O–H groups in total. The van der Waals surface area contributed by atoms with E-state index in [1.807, 2.05) is 17.0 Å². The number of methoxy groups -OCH3 is 1. The van der Waals surface area contributed by atoms with Gasteiger partial charge in [0.1, 0.15) is 0 Å². The van der Waals surface area contributed by atoms with Crippen molar-refractivity contribution in [3.8, 4) is 0 Å². The van der Waals surface area contributed by atoms with Crippen molar-refractivity contribution in [2.75, 3.05) is 26.5 Å². The molecule has 0 aromatic heterocycles. The van der Waals surface area contributed by atoms with Gasteiger partial charge in [-0.3, -0.25) is 4.79 Å². The van der Waals surface area contributed by atoms with Crippen LogP contribution in [0.15, 0.2) is 29.2 Å². The Morgan fingerprint density at radius 3 is 2.47 bits per heavy atom. The number of piperidine rings is 1. The van der Waals surface area contributed by atoms with E-state index in [1.165, 1.54) is 4.90 Å². The van der Waals surface area contributed by atoms with E-state index in [2.05, 4.69) is 18.4 Å². The van der Waals surface area contributed by atoms with Gasteiger partial charge in [0.25, 0.3) is 0 Å². The molecule has 2 rings (SSSR count). The lowest BCUT2D eigenvalue weighted by Crippen LogP contribution is -2.41.